The second-order valence-corrected chi connectivity index (χ2v) is 8.20. The molecule has 0 bridgehead atoms. The molecule has 0 aromatic heterocycles. The molecule has 0 rings (SSSR count). The van der Waals surface area contributed by atoms with Gasteiger partial charge in [-0.3, -0.25) is 4.99 Å². The summed E-state index contributed by atoms with van der Waals surface area (Å²) in [6, 6.07) is 0.293. The Labute approximate surface area is 155 Å². The fourth-order valence-electron chi connectivity index (χ4n) is 2.71. The Morgan fingerprint density at radius 1 is 1.08 bits per heavy atom. The largest absolute Gasteiger partial charge is 0.355 e. The number of hydrogen-bond donors (Lipinski definition) is 2. The van der Waals surface area contributed by atoms with Crippen LogP contribution in [0.15, 0.2) is 4.99 Å². The Kier molecular flexibility index (Phi) is 12.9. The third-order valence-electron chi connectivity index (χ3n) is 4.36. The third kappa shape index (κ3) is 10.0. The molecule has 0 saturated heterocycles. The van der Waals surface area contributed by atoms with Crippen LogP contribution in [0, 0.1) is 0 Å². The quantitative estimate of drug-likeness (QED) is 0.374. The average Bonchev–Trinajstić information content (AvgIpc) is 2.58. The molecule has 0 aliphatic rings. The number of aliphatic imine (C=N–C) groups is 1. The van der Waals surface area contributed by atoms with Crippen molar-refractivity contribution in [1.29, 1.82) is 0 Å². The lowest BCUT2D eigenvalue weighted by atomic mass is 10.2. The van der Waals surface area contributed by atoms with Crippen LogP contribution in [0.25, 0.3) is 0 Å². The molecule has 0 aromatic rings. The predicted molar refractivity (Wildman–Crippen MR) is 108 cm³/mol. The van der Waals surface area contributed by atoms with Crippen LogP contribution in [-0.2, 0) is 10.0 Å². The highest BCUT2D eigenvalue weighted by atomic mass is 32.2. The molecule has 0 aliphatic heterocycles. The number of guanidine groups is 1. The summed E-state index contributed by atoms with van der Waals surface area (Å²) in [6.45, 7) is 14.9. The van der Waals surface area contributed by atoms with Gasteiger partial charge in [-0.1, -0.05) is 27.7 Å². The van der Waals surface area contributed by atoms with E-state index in [0.717, 1.165) is 32.5 Å². The molecule has 0 fully saturated rings. The highest BCUT2D eigenvalue weighted by Crippen LogP contribution is 2.01. The van der Waals surface area contributed by atoms with Crippen LogP contribution in [0.4, 0.5) is 0 Å². The van der Waals surface area contributed by atoms with Crippen molar-refractivity contribution in [2.75, 3.05) is 52.1 Å². The van der Waals surface area contributed by atoms with Crippen LogP contribution in [0.5, 0.6) is 0 Å². The number of nitrogens with one attached hydrogen (secondary N) is 2. The molecule has 1 unspecified atom stereocenters. The van der Waals surface area contributed by atoms with Gasteiger partial charge in [-0.25, -0.2) is 12.7 Å². The van der Waals surface area contributed by atoms with Crippen LogP contribution >= 0.6 is 0 Å². The Morgan fingerprint density at radius 2 is 1.68 bits per heavy atom. The van der Waals surface area contributed by atoms with Gasteiger partial charge in [0, 0.05) is 32.7 Å². The van der Waals surface area contributed by atoms with Crippen molar-refractivity contribution in [1.82, 2.24) is 19.8 Å². The van der Waals surface area contributed by atoms with Gasteiger partial charge in [0.05, 0.1) is 5.75 Å². The first-order valence-corrected chi connectivity index (χ1v) is 11.1. The fraction of sp³-hybridized carbons (Fsp3) is 0.941. The maximum atomic E-state index is 12.2. The topological polar surface area (TPSA) is 77.0 Å². The summed E-state index contributed by atoms with van der Waals surface area (Å²) in [5, 5.41) is 6.44. The number of hydrogen-bond acceptors (Lipinski definition) is 4. The van der Waals surface area contributed by atoms with Crippen LogP contribution < -0.4 is 10.6 Å². The minimum Gasteiger partial charge on any atom is -0.355 e. The molecule has 25 heavy (non-hydrogen) atoms. The molecule has 0 aliphatic carbocycles. The number of rotatable bonds is 13. The number of nitrogens with zero attached hydrogens (tertiary/aromatic N) is 3. The van der Waals surface area contributed by atoms with Gasteiger partial charge < -0.3 is 15.5 Å². The van der Waals surface area contributed by atoms with Crippen molar-refractivity contribution in [3.63, 3.8) is 0 Å². The van der Waals surface area contributed by atoms with Crippen molar-refractivity contribution >= 4 is 16.0 Å². The van der Waals surface area contributed by atoms with Gasteiger partial charge in [-0.05, 0) is 39.4 Å². The summed E-state index contributed by atoms with van der Waals surface area (Å²) in [4.78, 5) is 6.60. The van der Waals surface area contributed by atoms with E-state index in [1.54, 1.807) is 7.05 Å². The van der Waals surface area contributed by atoms with Crippen LogP contribution in [0.2, 0.25) is 0 Å². The van der Waals surface area contributed by atoms with Gasteiger partial charge in [-0.2, -0.15) is 0 Å². The van der Waals surface area contributed by atoms with E-state index in [-0.39, 0.29) is 5.75 Å². The molecule has 0 spiro atoms. The fourth-order valence-corrected chi connectivity index (χ4v) is 4.11. The maximum Gasteiger partial charge on any atom is 0.215 e. The second kappa shape index (κ2) is 13.4. The summed E-state index contributed by atoms with van der Waals surface area (Å²) < 4.78 is 25.8. The molecular formula is C17H39N5O2S. The molecule has 2 N–H and O–H groups in total. The highest BCUT2D eigenvalue weighted by molar-refractivity contribution is 7.89. The molecule has 150 valence electrons. The molecule has 1 atom stereocenters. The van der Waals surface area contributed by atoms with Crippen LogP contribution in [0.3, 0.4) is 0 Å². The van der Waals surface area contributed by atoms with Crippen molar-refractivity contribution in [2.45, 2.75) is 53.5 Å². The monoisotopic (exact) mass is 377 g/mol. The van der Waals surface area contributed by atoms with Crippen LogP contribution in [-0.4, -0.2) is 81.7 Å². The molecule has 8 heteroatoms. The Bertz CT molecular complexity index is 460. The van der Waals surface area contributed by atoms with Crippen molar-refractivity contribution < 1.29 is 8.42 Å². The predicted octanol–water partition coefficient (Wildman–Crippen LogP) is 1.33. The third-order valence-corrected chi connectivity index (χ3v) is 6.39. The van der Waals surface area contributed by atoms with Crippen molar-refractivity contribution in [3.8, 4) is 0 Å². The Morgan fingerprint density at radius 3 is 2.16 bits per heavy atom. The molecule has 0 amide bonds. The Hall–Kier alpha value is -0.860. The summed E-state index contributed by atoms with van der Waals surface area (Å²) in [7, 11) is -1.50. The normalized spacial score (nSPS) is 14.2. The SMILES string of the molecule is CCN(CC)CCCC(C)NC(=NC)NCCS(=O)(=O)N(CC)CC. The summed E-state index contributed by atoms with van der Waals surface area (Å²) in [5.41, 5.74) is 0. The highest BCUT2D eigenvalue weighted by Gasteiger charge is 2.18. The molecule has 0 saturated carbocycles. The van der Waals surface area contributed by atoms with Gasteiger partial charge >= 0.3 is 0 Å². The molecule has 0 heterocycles. The van der Waals surface area contributed by atoms with Crippen molar-refractivity contribution in [3.05, 3.63) is 0 Å². The first-order valence-electron chi connectivity index (χ1n) is 9.51. The zero-order chi connectivity index (χ0) is 19.3. The Balaban J connectivity index is 4.22. The van der Waals surface area contributed by atoms with E-state index in [4.69, 9.17) is 0 Å². The molecule has 7 nitrogen and oxygen atoms in total. The summed E-state index contributed by atoms with van der Waals surface area (Å²) >= 11 is 0. The van der Waals surface area contributed by atoms with E-state index >= 15 is 0 Å². The standard InChI is InChI=1S/C17H39N5O2S/c1-7-21(8-2)14-11-12-16(5)20-17(18-6)19-13-15-25(23,24)22(9-3)10-4/h16H,7-15H2,1-6H3,(H2,18,19,20). The second-order valence-electron chi connectivity index (χ2n) is 6.11. The van der Waals surface area contributed by atoms with E-state index in [1.807, 2.05) is 13.8 Å². The van der Waals surface area contributed by atoms with E-state index in [1.165, 1.54) is 4.31 Å². The lowest BCUT2D eigenvalue weighted by Crippen LogP contribution is -2.45. The minimum absolute atomic E-state index is 0.0751. The van der Waals surface area contributed by atoms with Gasteiger partial charge in [0.25, 0.3) is 0 Å². The zero-order valence-corrected chi connectivity index (χ0v) is 17.8. The van der Waals surface area contributed by atoms with Crippen molar-refractivity contribution in [2.24, 2.45) is 4.99 Å². The summed E-state index contributed by atoms with van der Waals surface area (Å²) in [5.74, 6) is 0.733. The minimum atomic E-state index is -3.20. The van der Waals surface area contributed by atoms with E-state index in [0.29, 0.717) is 31.6 Å². The summed E-state index contributed by atoms with van der Waals surface area (Å²) in [6.07, 6.45) is 2.18. The van der Waals surface area contributed by atoms with E-state index < -0.39 is 10.0 Å². The number of sulfonamides is 1. The first kappa shape index (κ1) is 24.1. The molecular weight excluding hydrogens is 338 g/mol. The first-order chi connectivity index (χ1) is 11.8. The lowest BCUT2D eigenvalue weighted by molar-refractivity contribution is 0.292. The lowest BCUT2D eigenvalue weighted by Gasteiger charge is -2.22. The van der Waals surface area contributed by atoms with E-state index in [9.17, 15) is 8.42 Å². The van der Waals surface area contributed by atoms with Gasteiger partial charge in [0.1, 0.15) is 0 Å². The van der Waals surface area contributed by atoms with E-state index in [2.05, 4.69) is 41.3 Å². The zero-order valence-electron chi connectivity index (χ0n) is 17.0. The smallest absolute Gasteiger partial charge is 0.215 e. The van der Waals surface area contributed by atoms with Gasteiger partial charge in [-0.15, -0.1) is 0 Å². The molecule has 0 radical (unpaired) electrons. The van der Waals surface area contributed by atoms with Gasteiger partial charge in [0.2, 0.25) is 10.0 Å². The molecule has 0 aromatic carbocycles. The van der Waals surface area contributed by atoms with Gasteiger partial charge in [0.15, 0.2) is 5.96 Å². The average molecular weight is 378 g/mol. The maximum absolute atomic E-state index is 12.2. The van der Waals surface area contributed by atoms with Crippen LogP contribution in [0.1, 0.15) is 47.5 Å².